The molecule has 0 aromatic rings. The van der Waals surface area contributed by atoms with Crippen molar-refractivity contribution in [3.63, 3.8) is 0 Å². The Kier molecular flexibility index (Phi) is 6.23. The van der Waals surface area contributed by atoms with Gasteiger partial charge in [-0.3, -0.25) is 4.79 Å². The van der Waals surface area contributed by atoms with E-state index in [1.54, 1.807) is 4.90 Å². The lowest BCUT2D eigenvalue weighted by molar-refractivity contribution is -0.131. The number of hydrogen-bond donors (Lipinski definition) is 1. The molecule has 1 N–H and O–H groups in total. The van der Waals surface area contributed by atoms with Gasteiger partial charge in [-0.15, -0.1) is 12.4 Å². The summed E-state index contributed by atoms with van der Waals surface area (Å²) in [5, 5.41) is 3.32. The van der Waals surface area contributed by atoms with Gasteiger partial charge >= 0.3 is 0 Å². The van der Waals surface area contributed by atoms with Crippen molar-refractivity contribution in [2.45, 2.75) is 12.5 Å². The van der Waals surface area contributed by atoms with Gasteiger partial charge in [0.25, 0.3) is 0 Å². The lowest BCUT2D eigenvalue weighted by Crippen LogP contribution is -2.47. The highest BCUT2D eigenvalue weighted by atomic mass is 35.5. The van der Waals surface area contributed by atoms with E-state index in [1.165, 1.54) is 0 Å². The Morgan fingerprint density at radius 2 is 2.00 bits per heavy atom. The molecule has 1 unspecified atom stereocenters. The maximum Gasteiger partial charge on any atom is 0.224 e. The SMILES string of the molecule is Cl.O=C(CC1CSCCN1)N1CCS(=O)(=O)CC1. The molecule has 2 aliphatic heterocycles. The summed E-state index contributed by atoms with van der Waals surface area (Å²) in [6, 6.07) is 0.250. The number of thioether (sulfide) groups is 1. The Morgan fingerprint density at radius 1 is 1.33 bits per heavy atom. The van der Waals surface area contributed by atoms with Crippen LogP contribution >= 0.6 is 24.2 Å². The maximum atomic E-state index is 12.0. The number of hydrogen-bond acceptors (Lipinski definition) is 5. The van der Waals surface area contributed by atoms with Crippen LogP contribution in [-0.2, 0) is 14.6 Å². The smallest absolute Gasteiger partial charge is 0.224 e. The first-order chi connectivity index (χ1) is 8.07. The van der Waals surface area contributed by atoms with Crippen molar-refractivity contribution in [3.8, 4) is 0 Å². The fraction of sp³-hybridized carbons (Fsp3) is 0.900. The van der Waals surface area contributed by atoms with Crippen molar-refractivity contribution in [2.75, 3.05) is 42.6 Å². The first-order valence-corrected chi connectivity index (χ1v) is 8.84. The van der Waals surface area contributed by atoms with Crippen LogP contribution in [0.25, 0.3) is 0 Å². The van der Waals surface area contributed by atoms with E-state index in [2.05, 4.69) is 5.32 Å². The average Bonchev–Trinajstić information content (AvgIpc) is 2.30. The predicted molar refractivity (Wildman–Crippen MR) is 76.2 cm³/mol. The van der Waals surface area contributed by atoms with Gasteiger partial charge in [-0.2, -0.15) is 11.8 Å². The molecule has 0 saturated carbocycles. The van der Waals surface area contributed by atoms with Gasteiger partial charge < -0.3 is 10.2 Å². The number of nitrogens with zero attached hydrogens (tertiary/aromatic N) is 1. The van der Waals surface area contributed by atoms with Crippen LogP contribution in [0.5, 0.6) is 0 Å². The highest BCUT2D eigenvalue weighted by Gasteiger charge is 2.26. The third kappa shape index (κ3) is 4.60. The van der Waals surface area contributed by atoms with Gasteiger partial charge in [0.05, 0.1) is 11.5 Å². The standard InChI is InChI=1S/C10H18N2O3S2.ClH/c13-10(7-9-8-16-4-1-11-9)12-2-5-17(14,15)6-3-12;/h9,11H,1-8H2;1H. The van der Waals surface area contributed by atoms with Crippen molar-refractivity contribution in [3.05, 3.63) is 0 Å². The van der Waals surface area contributed by atoms with Gasteiger partial charge in [0.15, 0.2) is 9.84 Å². The highest BCUT2D eigenvalue weighted by Crippen LogP contribution is 2.13. The van der Waals surface area contributed by atoms with Crippen LogP contribution in [0.1, 0.15) is 6.42 Å². The van der Waals surface area contributed by atoms with E-state index in [-0.39, 0.29) is 35.9 Å². The summed E-state index contributed by atoms with van der Waals surface area (Å²) < 4.78 is 22.5. The van der Waals surface area contributed by atoms with Crippen LogP contribution in [0.3, 0.4) is 0 Å². The molecule has 2 aliphatic rings. The van der Waals surface area contributed by atoms with E-state index in [0.29, 0.717) is 19.5 Å². The van der Waals surface area contributed by atoms with E-state index < -0.39 is 9.84 Å². The second-order valence-corrected chi connectivity index (χ2v) is 7.92. The summed E-state index contributed by atoms with van der Waals surface area (Å²) in [4.78, 5) is 13.6. The molecule has 5 nitrogen and oxygen atoms in total. The van der Waals surface area contributed by atoms with Gasteiger partial charge in [0, 0.05) is 43.6 Å². The van der Waals surface area contributed by atoms with Crippen LogP contribution < -0.4 is 5.32 Å². The average molecular weight is 315 g/mol. The number of sulfone groups is 1. The number of carbonyl (C=O) groups excluding carboxylic acids is 1. The van der Waals surface area contributed by atoms with Gasteiger partial charge in [0.1, 0.15) is 0 Å². The summed E-state index contributed by atoms with van der Waals surface area (Å²) >= 11 is 1.86. The van der Waals surface area contributed by atoms with Gasteiger partial charge in [-0.1, -0.05) is 0 Å². The van der Waals surface area contributed by atoms with E-state index in [9.17, 15) is 13.2 Å². The Labute approximate surface area is 118 Å². The molecule has 0 spiro atoms. The molecule has 2 rings (SSSR count). The summed E-state index contributed by atoms with van der Waals surface area (Å²) in [6.07, 6.45) is 0.493. The molecule has 0 bridgehead atoms. The topological polar surface area (TPSA) is 66.5 Å². The van der Waals surface area contributed by atoms with Crippen LogP contribution in [0.4, 0.5) is 0 Å². The molecule has 2 heterocycles. The van der Waals surface area contributed by atoms with E-state index >= 15 is 0 Å². The van der Waals surface area contributed by atoms with Crippen molar-refractivity contribution in [2.24, 2.45) is 0 Å². The zero-order chi connectivity index (χ0) is 12.3. The molecule has 2 saturated heterocycles. The normalized spacial score (nSPS) is 27.3. The Morgan fingerprint density at radius 3 is 2.56 bits per heavy atom. The number of rotatable bonds is 2. The minimum atomic E-state index is -2.90. The van der Waals surface area contributed by atoms with Crippen LogP contribution in [0.15, 0.2) is 0 Å². The number of nitrogens with one attached hydrogen (secondary N) is 1. The fourth-order valence-corrected chi connectivity index (χ4v) is 4.20. The van der Waals surface area contributed by atoms with Crippen molar-refractivity contribution >= 4 is 39.9 Å². The molecular weight excluding hydrogens is 296 g/mol. The molecule has 8 heteroatoms. The molecule has 1 atom stereocenters. The van der Waals surface area contributed by atoms with Crippen LogP contribution in [0.2, 0.25) is 0 Å². The van der Waals surface area contributed by atoms with Crippen LogP contribution in [0, 0.1) is 0 Å². The molecule has 2 fully saturated rings. The molecule has 106 valence electrons. The molecule has 18 heavy (non-hydrogen) atoms. The van der Waals surface area contributed by atoms with Gasteiger partial charge in [-0.05, 0) is 0 Å². The van der Waals surface area contributed by atoms with Crippen molar-refractivity contribution in [1.82, 2.24) is 10.2 Å². The molecular formula is C10H19ClN2O3S2. The van der Waals surface area contributed by atoms with Gasteiger partial charge in [0.2, 0.25) is 5.91 Å². The van der Waals surface area contributed by atoms with Crippen molar-refractivity contribution < 1.29 is 13.2 Å². The number of halogens is 1. The zero-order valence-corrected chi connectivity index (χ0v) is 12.6. The third-order valence-corrected chi connectivity index (χ3v) is 5.86. The number of amides is 1. The predicted octanol–water partition coefficient (Wildman–Crippen LogP) is -0.240. The molecule has 0 radical (unpaired) electrons. The fourth-order valence-electron chi connectivity index (χ4n) is 2.05. The second-order valence-electron chi connectivity index (χ2n) is 4.46. The molecule has 0 aliphatic carbocycles. The highest BCUT2D eigenvalue weighted by molar-refractivity contribution is 7.99. The van der Waals surface area contributed by atoms with Gasteiger partial charge in [-0.25, -0.2) is 8.42 Å². The summed E-state index contributed by atoms with van der Waals surface area (Å²) in [6.45, 7) is 1.68. The quantitative estimate of drug-likeness (QED) is 0.762. The summed E-state index contributed by atoms with van der Waals surface area (Å²) in [5.74, 6) is 2.39. The lowest BCUT2D eigenvalue weighted by atomic mass is 10.2. The Balaban J connectivity index is 0.00000162. The Hall–Kier alpha value is 0.0200. The monoisotopic (exact) mass is 314 g/mol. The molecule has 0 aromatic heterocycles. The largest absolute Gasteiger partial charge is 0.341 e. The second kappa shape index (κ2) is 6.98. The summed E-state index contributed by atoms with van der Waals surface area (Å²) in [7, 11) is -2.90. The minimum Gasteiger partial charge on any atom is -0.341 e. The zero-order valence-electron chi connectivity index (χ0n) is 10.1. The first kappa shape index (κ1) is 16.1. The Bertz CT molecular complexity index is 369. The molecule has 1 amide bonds. The van der Waals surface area contributed by atoms with Crippen molar-refractivity contribution in [1.29, 1.82) is 0 Å². The summed E-state index contributed by atoms with van der Waals surface area (Å²) in [5.41, 5.74) is 0. The number of carbonyl (C=O) groups is 1. The maximum absolute atomic E-state index is 12.0. The third-order valence-electron chi connectivity index (χ3n) is 3.12. The van der Waals surface area contributed by atoms with E-state index in [1.807, 2.05) is 11.8 Å². The van der Waals surface area contributed by atoms with E-state index in [0.717, 1.165) is 18.1 Å². The molecule has 0 aromatic carbocycles. The van der Waals surface area contributed by atoms with Crippen LogP contribution in [-0.4, -0.2) is 67.9 Å². The van der Waals surface area contributed by atoms with E-state index in [4.69, 9.17) is 0 Å². The minimum absolute atomic E-state index is 0. The lowest BCUT2D eigenvalue weighted by Gasteiger charge is -2.29. The first-order valence-electron chi connectivity index (χ1n) is 5.86.